The van der Waals surface area contributed by atoms with Gasteiger partial charge in [-0.05, 0) is 51.3 Å². The predicted molar refractivity (Wildman–Crippen MR) is 77.5 cm³/mol. The summed E-state index contributed by atoms with van der Waals surface area (Å²) in [5.41, 5.74) is 1.30. The normalized spacial score (nSPS) is 23.6. The average Bonchev–Trinajstić information content (AvgIpc) is 2.37. The molecule has 1 aromatic carbocycles. The molecule has 3 nitrogen and oxygen atoms in total. The molecule has 0 aromatic heterocycles. The summed E-state index contributed by atoms with van der Waals surface area (Å²) in [6.45, 7) is 8.02. The van der Waals surface area contributed by atoms with Gasteiger partial charge in [0, 0.05) is 19.2 Å². The van der Waals surface area contributed by atoms with E-state index in [9.17, 15) is 0 Å². The van der Waals surface area contributed by atoms with Gasteiger partial charge in [0.25, 0.3) is 0 Å². The third-order valence-corrected chi connectivity index (χ3v) is 3.38. The molecule has 2 atom stereocenters. The van der Waals surface area contributed by atoms with Crippen LogP contribution in [0.2, 0.25) is 0 Å². The van der Waals surface area contributed by atoms with Crippen molar-refractivity contribution < 1.29 is 9.47 Å². The first-order valence-electron chi connectivity index (χ1n) is 7.24. The number of nitrogens with one attached hydrogen (secondary N) is 1. The third kappa shape index (κ3) is 4.84. The van der Waals surface area contributed by atoms with Crippen molar-refractivity contribution in [3.8, 4) is 5.75 Å². The lowest BCUT2D eigenvalue weighted by Gasteiger charge is -2.28. The third-order valence-electron chi connectivity index (χ3n) is 3.38. The van der Waals surface area contributed by atoms with E-state index in [1.165, 1.54) is 5.56 Å². The van der Waals surface area contributed by atoms with Gasteiger partial charge in [-0.15, -0.1) is 0 Å². The predicted octanol–water partition coefficient (Wildman–Crippen LogP) is 3.13. The maximum atomic E-state index is 5.64. The minimum atomic E-state index is 0.229. The molecule has 1 aliphatic rings. The number of rotatable bonds is 5. The van der Waals surface area contributed by atoms with E-state index in [4.69, 9.17) is 9.47 Å². The van der Waals surface area contributed by atoms with Crippen molar-refractivity contribution in [2.75, 3.05) is 6.61 Å². The Morgan fingerprint density at radius 3 is 2.68 bits per heavy atom. The molecule has 1 N–H and O–H groups in total. The Hall–Kier alpha value is -1.06. The Morgan fingerprint density at radius 2 is 2.05 bits per heavy atom. The second-order valence-electron chi connectivity index (χ2n) is 5.59. The summed E-state index contributed by atoms with van der Waals surface area (Å²) in [6.07, 6.45) is 2.83. The highest BCUT2D eigenvalue weighted by molar-refractivity contribution is 5.27. The van der Waals surface area contributed by atoms with Crippen LogP contribution >= 0.6 is 0 Å². The molecule has 1 aromatic rings. The van der Waals surface area contributed by atoms with Gasteiger partial charge >= 0.3 is 0 Å². The van der Waals surface area contributed by atoms with E-state index in [2.05, 4.69) is 24.4 Å². The molecule has 1 fully saturated rings. The fourth-order valence-corrected chi connectivity index (χ4v) is 2.40. The van der Waals surface area contributed by atoms with Gasteiger partial charge in [-0.3, -0.25) is 0 Å². The maximum absolute atomic E-state index is 5.64. The SMILES string of the molecule is CC(C)Oc1ccc(CNC2CCOC(C)C2)cc1. The van der Waals surface area contributed by atoms with Gasteiger partial charge in [0.15, 0.2) is 0 Å². The van der Waals surface area contributed by atoms with Crippen molar-refractivity contribution in [2.45, 2.75) is 58.4 Å². The molecule has 2 unspecified atom stereocenters. The van der Waals surface area contributed by atoms with Crippen LogP contribution in [0.3, 0.4) is 0 Å². The Kier molecular flexibility index (Phi) is 5.23. The van der Waals surface area contributed by atoms with Crippen molar-refractivity contribution in [3.05, 3.63) is 29.8 Å². The zero-order chi connectivity index (χ0) is 13.7. The van der Waals surface area contributed by atoms with Crippen molar-refractivity contribution in [3.63, 3.8) is 0 Å². The molecule has 19 heavy (non-hydrogen) atoms. The number of ether oxygens (including phenoxy) is 2. The van der Waals surface area contributed by atoms with E-state index in [0.717, 1.165) is 31.7 Å². The van der Waals surface area contributed by atoms with Gasteiger partial charge in [0.2, 0.25) is 0 Å². The molecule has 0 bridgehead atoms. The second-order valence-corrected chi connectivity index (χ2v) is 5.59. The Labute approximate surface area is 116 Å². The molecule has 0 radical (unpaired) electrons. The van der Waals surface area contributed by atoms with Gasteiger partial charge in [-0.1, -0.05) is 12.1 Å². The zero-order valence-electron chi connectivity index (χ0n) is 12.2. The van der Waals surface area contributed by atoms with Crippen molar-refractivity contribution in [1.82, 2.24) is 5.32 Å². The Morgan fingerprint density at radius 1 is 1.32 bits per heavy atom. The van der Waals surface area contributed by atoms with Crippen LogP contribution in [0.25, 0.3) is 0 Å². The quantitative estimate of drug-likeness (QED) is 0.885. The summed E-state index contributed by atoms with van der Waals surface area (Å²) < 4.78 is 11.2. The van der Waals surface area contributed by atoms with Crippen LogP contribution in [0.5, 0.6) is 5.75 Å². The molecule has 0 saturated carbocycles. The van der Waals surface area contributed by atoms with Gasteiger partial charge in [0.05, 0.1) is 12.2 Å². The van der Waals surface area contributed by atoms with Gasteiger partial charge < -0.3 is 14.8 Å². The van der Waals surface area contributed by atoms with E-state index < -0.39 is 0 Å². The highest BCUT2D eigenvalue weighted by atomic mass is 16.5. The van der Waals surface area contributed by atoms with Crippen molar-refractivity contribution in [2.24, 2.45) is 0 Å². The number of benzene rings is 1. The van der Waals surface area contributed by atoms with E-state index in [1.807, 2.05) is 26.0 Å². The topological polar surface area (TPSA) is 30.5 Å². The minimum Gasteiger partial charge on any atom is -0.491 e. The van der Waals surface area contributed by atoms with E-state index in [-0.39, 0.29) is 6.10 Å². The van der Waals surface area contributed by atoms with Crippen LogP contribution < -0.4 is 10.1 Å². The molecule has 106 valence electrons. The van der Waals surface area contributed by atoms with Crippen molar-refractivity contribution in [1.29, 1.82) is 0 Å². The monoisotopic (exact) mass is 263 g/mol. The smallest absolute Gasteiger partial charge is 0.119 e. The minimum absolute atomic E-state index is 0.229. The molecule has 0 aliphatic carbocycles. The number of hydrogen-bond acceptors (Lipinski definition) is 3. The fraction of sp³-hybridized carbons (Fsp3) is 0.625. The molecule has 3 heteroatoms. The van der Waals surface area contributed by atoms with Gasteiger partial charge in [0.1, 0.15) is 5.75 Å². The van der Waals surface area contributed by atoms with Crippen molar-refractivity contribution >= 4 is 0 Å². The molecule has 0 spiro atoms. The van der Waals surface area contributed by atoms with E-state index in [0.29, 0.717) is 12.1 Å². The second kappa shape index (κ2) is 6.92. The molecule has 0 amide bonds. The van der Waals surface area contributed by atoms with Crippen LogP contribution in [0.4, 0.5) is 0 Å². The van der Waals surface area contributed by atoms with E-state index in [1.54, 1.807) is 0 Å². The maximum Gasteiger partial charge on any atom is 0.119 e. The lowest BCUT2D eigenvalue weighted by Crippen LogP contribution is -2.37. The van der Waals surface area contributed by atoms with E-state index >= 15 is 0 Å². The van der Waals surface area contributed by atoms with Gasteiger partial charge in [-0.25, -0.2) is 0 Å². The summed E-state index contributed by atoms with van der Waals surface area (Å²) in [4.78, 5) is 0. The Bertz CT molecular complexity index is 375. The first-order chi connectivity index (χ1) is 9.13. The van der Waals surface area contributed by atoms with Crippen LogP contribution in [-0.2, 0) is 11.3 Å². The molecular formula is C16H25NO2. The first kappa shape index (κ1) is 14.4. The molecular weight excluding hydrogens is 238 g/mol. The average molecular weight is 263 g/mol. The summed E-state index contributed by atoms with van der Waals surface area (Å²) >= 11 is 0. The molecule has 2 rings (SSSR count). The highest BCUT2D eigenvalue weighted by Crippen LogP contribution is 2.16. The molecule has 1 heterocycles. The first-order valence-corrected chi connectivity index (χ1v) is 7.24. The summed E-state index contributed by atoms with van der Waals surface area (Å²) in [7, 11) is 0. The summed E-state index contributed by atoms with van der Waals surface area (Å²) in [5.74, 6) is 0.943. The summed E-state index contributed by atoms with van der Waals surface area (Å²) in [5, 5.41) is 3.61. The van der Waals surface area contributed by atoms with Gasteiger partial charge in [-0.2, -0.15) is 0 Å². The number of hydrogen-bond donors (Lipinski definition) is 1. The zero-order valence-corrected chi connectivity index (χ0v) is 12.2. The standard InChI is InChI=1S/C16H25NO2/c1-12(2)19-16-6-4-14(5-7-16)11-17-15-8-9-18-13(3)10-15/h4-7,12-13,15,17H,8-11H2,1-3H3. The largest absolute Gasteiger partial charge is 0.491 e. The molecule has 1 saturated heterocycles. The Balaban J connectivity index is 1.79. The van der Waals surface area contributed by atoms with Crippen LogP contribution in [0.15, 0.2) is 24.3 Å². The molecule has 1 aliphatic heterocycles. The van der Waals surface area contributed by atoms with Crippen LogP contribution in [0.1, 0.15) is 39.2 Å². The highest BCUT2D eigenvalue weighted by Gasteiger charge is 2.18. The van der Waals surface area contributed by atoms with Crippen LogP contribution in [0, 0.1) is 0 Å². The summed E-state index contributed by atoms with van der Waals surface area (Å²) in [6, 6.07) is 8.93. The fourth-order valence-electron chi connectivity index (χ4n) is 2.40. The lowest BCUT2D eigenvalue weighted by molar-refractivity contribution is 0.0130. The van der Waals surface area contributed by atoms with Crippen LogP contribution in [-0.4, -0.2) is 24.9 Å². The lowest BCUT2D eigenvalue weighted by atomic mass is 10.0.